The molecule has 19 heavy (non-hydrogen) atoms. The van der Waals surface area contributed by atoms with Crippen LogP contribution in [0.5, 0.6) is 0 Å². The monoisotopic (exact) mass is 260 g/mol. The van der Waals surface area contributed by atoms with Gasteiger partial charge in [-0.15, -0.1) is 0 Å². The molecule has 0 atom stereocenters. The van der Waals surface area contributed by atoms with Crippen LogP contribution in [0.2, 0.25) is 0 Å². The van der Waals surface area contributed by atoms with E-state index in [0.717, 1.165) is 25.9 Å². The molecule has 0 radical (unpaired) electrons. The lowest BCUT2D eigenvalue weighted by Crippen LogP contribution is -2.58. The minimum Gasteiger partial charge on any atom is -0.348 e. The smallest absolute Gasteiger partial charge is 0.225 e. The maximum atomic E-state index is 12.2. The Morgan fingerprint density at radius 1 is 1.16 bits per heavy atom. The third-order valence-electron chi connectivity index (χ3n) is 4.05. The van der Waals surface area contributed by atoms with E-state index in [1.165, 1.54) is 19.3 Å². The van der Waals surface area contributed by atoms with Crippen molar-refractivity contribution >= 4 is 11.9 Å². The number of carbonyl (C=O) groups excluding carboxylic acids is 1. The second-order valence-electron chi connectivity index (χ2n) is 5.49. The fourth-order valence-electron chi connectivity index (χ4n) is 2.91. The van der Waals surface area contributed by atoms with Gasteiger partial charge in [0.05, 0.1) is 6.04 Å². The molecular weight excluding hydrogens is 240 g/mol. The molecule has 1 saturated heterocycles. The molecule has 3 rings (SSSR count). The van der Waals surface area contributed by atoms with Crippen molar-refractivity contribution in [2.45, 2.75) is 38.1 Å². The molecule has 0 bridgehead atoms. The predicted octanol–water partition coefficient (Wildman–Crippen LogP) is 1.68. The van der Waals surface area contributed by atoms with Crippen molar-refractivity contribution in [3.8, 4) is 0 Å². The van der Waals surface area contributed by atoms with Crippen LogP contribution in [0.15, 0.2) is 18.5 Å². The summed E-state index contributed by atoms with van der Waals surface area (Å²) < 4.78 is 0. The summed E-state index contributed by atoms with van der Waals surface area (Å²) in [4.78, 5) is 22.5. The second-order valence-corrected chi connectivity index (χ2v) is 5.49. The van der Waals surface area contributed by atoms with Gasteiger partial charge in [-0.1, -0.05) is 19.3 Å². The molecule has 2 fully saturated rings. The van der Waals surface area contributed by atoms with Gasteiger partial charge in [-0.2, -0.15) is 0 Å². The van der Waals surface area contributed by atoms with E-state index in [4.69, 9.17) is 0 Å². The molecule has 5 nitrogen and oxygen atoms in total. The van der Waals surface area contributed by atoms with Crippen LogP contribution in [-0.2, 0) is 4.79 Å². The molecule has 1 N–H and O–H groups in total. The van der Waals surface area contributed by atoms with E-state index in [9.17, 15) is 4.79 Å². The number of amides is 1. The van der Waals surface area contributed by atoms with E-state index in [2.05, 4.69) is 15.3 Å². The van der Waals surface area contributed by atoms with Crippen molar-refractivity contribution in [1.82, 2.24) is 14.9 Å². The van der Waals surface area contributed by atoms with Gasteiger partial charge in [0, 0.05) is 31.4 Å². The summed E-state index contributed by atoms with van der Waals surface area (Å²) in [7, 11) is 0. The summed E-state index contributed by atoms with van der Waals surface area (Å²) in [6.45, 7) is 1.57. The Morgan fingerprint density at radius 3 is 2.53 bits per heavy atom. The van der Waals surface area contributed by atoms with E-state index in [1.807, 2.05) is 4.90 Å². The van der Waals surface area contributed by atoms with Crippen molar-refractivity contribution in [3.63, 3.8) is 0 Å². The van der Waals surface area contributed by atoms with Gasteiger partial charge in [0.1, 0.15) is 0 Å². The lowest BCUT2D eigenvalue weighted by molar-refractivity contribution is -0.140. The molecule has 0 unspecified atom stereocenters. The number of hydrogen-bond acceptors (Lipinski definition) is 4. The van der Waals surface area contributed by atoms with Gasteiger partial charge in [0.25, 0.3) is 0 Å². The topological polar surface area (TPSA) is 58.1 Å². The molecule has 0 aromatic carbocycles. The van der Waals surface area contributed by atoms with Crippen LogP contribution in [0.1, 0.15) is 32.1 Å². The van der Waals surface area contributed by atoms with Gasteiger partial charge in [-0.05, 0) is 18.9 Å². The lowest BCUT2D eigenvalue weighted by atomic mass is 9.87. The summed E-state index contributed by atoms with van der Waals surface area (Å²) in [6, 6.07) is 2.10. The molecule has 0 spiro atoms. The quantitative estimate of drug-likeness (QED) is 0.898. The second kappa shape index (κ2) is 5.55. The molecule has 5 heteroatoms. The first kappa shape index (κ1) is 12.4. The minimum atomic E-state index is 0.280. The van der Waals surface area contributed by atoms with Crippen molar-refractivity contribution in [1.29, 1.82) is 0 Å². The summed E-state index contributed by atoms with van der Waals surface area (Å²) in [5.74, 6) is 1.28. The summed E-state index contributed by atoms with van der Waals surface area (Å²) in [5.41, 5.74) is 0. The summed E-state index contributed by atoms with van der Waals surface area (Å²) in [5, 5.41) is 3.25. The van der Waals surface area contributed by atoms with E-state index < -0.39 is 0 Å². The highest BCUT2D eigenvalue weighted by Crippen LogP contribution is 2.27. The number of aromatic nitrogens is 2. The Bertz CT molecular complexity index is 424. The zero-order valence-corrected chi connectivity index (χ0v) is 11.1. The number of nitrogens with one attached hydrogen (secondary N) is 1. The SMILES string of the molecule is O=C(C1CCCCC1)N1CC(Nc2ncccn2)C1. The average molecular weight is 260 g/mol. The van der Waals surface area contributed by atoms with Crippen molar-refractivity contribution in [2.24, 2.45) is 5.92 Å². The number of hydrogen-bond donors (Lipinski definition) is 1. The maximum absolute atomic E-state index is 12.2. The predicted molar refractivity (Wildman–Crippen MR) is 72.6 cm³/mol. The fourth-order valence-corrected chi connectivity index (χ4v) is 2.91. The van der Waals surface area contributed by atoms with Crippen molar-refractivity contribution < 1.29 is 4.79 Å². The van der Waals surface area contributed by atoms with Crippen LogP contribution in [0, 0.1) is 5.92 Å². The Hall–Kier alpha value is -1.65. The van der Waals surface area contributed by atoms with E-state index >= 15 is 0 Å². The molecular formula is C14H20N4O. The molecule has 1 amide bonds. The zero-order valence-electron chi connectivity index (χ0n) is 11.1. The van der Waals surface area contributed by atoms with Gasteiger partial charge in [0.15, 0.2) is 0 Å². The summed E-state index contributed by atoms with van der Waals surface area (Å²) >= 11 is 0. The summed E-state index contributed by atoms with van der Waals surface area (Å²) in [6.07, 6.45) is 9.31. The highest BCUT2D eigenvalue weighted by Gasteiger charge is 2.34. The lowest BCUT2D eigenvalue weighted by Gasteiger charge is -2.41. The number of carbonyl (C=O) groups is 1. The molecule has 2 heterocycles. The first-order valence-electron chi connectivity index (χ1n) is 7.15. The highest BCUT2D eigenvalue weighted by atomic mass is 16.2. The van der Waals surface area contributed by atoms with E-state index in [0.29, 0.717) is 17.9 Å². The van der Waals surface area contributed by atoms with Crippen LogP contribution < -0.4 is 5.32 Å². The average Bonchev–Trinajstić information content (AvgIpc) is 2.44. The standard InChI is InChI=1S/C14H20N4O/c19-13(11-5-2-1-3-6-11)18-9-12(10-18)17-14-15-7-4-8-16-14/h4,7-8,11-12H,1-3,5-6,9-10H2,(H,15,16,17). The first-order chi connectivity index (χ1) is 9.33. The molecule has 2 aliphatic rings. The molecule has 1 saturated carbocycles. The fraction of sp³-hybridized carbons (Fsp3) is 0.643. The van der Waals surface area contributed by atoms with Gasteiger partial charge < -0.3 is 10.2 Å². The van der Waals surface area contributed by atoms with Crippen LogP contribution in [0.3, 0.4) is 0 Å². The first-order valence-corrected chi connectivity index (χ1v) is 7.15. The third-order valence-corrected chi connectivity index (χ3v) is 4.05. The number of nitrogens with zero attached hydrogens (tertiary/aromatic N) is 3. The van der Waals surface area contributed by atoms with Gasteiger partial charge in [-0.25, -0.2) is 9.97 Å². The minimum absolute atomic E-state index is 0.280. The van der Waals surface area contributed by atoms with Crippen LogP contribution >= 0.6 is 0 Å². The Labute approximate surface area is 113 Å². The number of anilines is 1. The van der Waals surface area contributed by atoms with Crippen LogP contribution in [0.4, 0.5) is 5.95 Å². The third kappa shape index (κ3) is 2.85. The van der Waals surface area contributed by atoms with Gasteiger partial charge in [-0.3, -0.25) is 4.79 Å². The number of likely N-dealkylation sites (tertiary alicyclic amines) is 1. The van der Waals surface area contributed by atoms with Gasteiger partial charge >= 0.3 is 0 Å². The van der Waals surface area contributed by atoms with E-state index in [-0.39, 0.29) is 5.92 Å². The normalized spacial score (nSPS) is 20.9. The molecule has 1 aliphatic carbocycles. The maximum Gasteiger partial charge on any atom is 0.225 e. The van der Waals surface area contributed by atoms with Gasteiger partial charge in [0.2, 0.25) is 11.9 Å². The van der Waals surface area contributed by atoms with Crippen molar-refractivity contribution in [2.75, 3.05) is 18.4 Å². The van der Waals surface area contributed by atoms with Crippen molar-refractivity contribution in [3.05, 3.63) is 18.5 Å². The van der Waals surface area contributed by atoms with Crippen LogP contribution in [-0.4, -0.2) is 39.9 Å². The number of rotatable bonds is 3. The molecule has 1 aromatic rings. The highest BCUT2D eigenvalue weighted by molar-refractivity contribution is 5.80. The van der Waals surface area contributed by atoms with Crippen LogP contribution in [0.25, 0.3) is 0 Å². The molecule has 1 aliphatic heterocycles. The molecule has 102 valence electrons. The molecule has 1 aromatic heterocycles. The van der Waals surface area contributed by atoms with E-state index in [1.54, 1.807) is 18.5 Å². The Kier molecular flexibility index (Phi) is 3.62. The Balaban J connectivity index is 1.46. The Morgan fingerprint density at radius 2 is 1.84 bits per heavy atom. The largest absolute Gasteiger partial charge is 0.348 e. The zero-order chi connectivity index (χ0) is 13.1.